The molecule has 19 heavy (non-hydrogen) atoms. The lowest BCUT2D eigenvalue weighted by Crippen LogP contribution is -2.50. The Hall–Kier alpha value is -0.330. The minimum Gasteiger partial charge on any atom is -0.324 e. The second-order valence-electron chi connectivity index (χ2n) is 4.88. The molecule has 2 N–H and O–H groups in total. The van der Waals surface area contributed by atoms with Gasteiger partial charge in [-0.3, -0.25) is 4.79 Å². The number of nitrogens with one attached hydrogen (secondary N) is 2. The van der Waals surface area contributed by atoms with E-state index < -0.39 is 0 Å². The van der Waals surface area contributed by atoms with Crippen LogP contribution in [0.25, 0.3) is 0 Å². The standard InChI is InChI=1S/C14H19IN2O.ClH/c1-3-14(7-4-8-16-14)13(18)17-12-6-5-11(15)9-10(12)2;/h5-6,9,16H,3-4,7-8H2,1-2H3,(H,17,18);1H. The Kier molecular flexibility index (Phi) is 6.08. The lowest BCUT2D eigenvalue weighted by atomic mass is 9.93. The number of hydrogen-bond acceptors (Lipinski definition) is 2. The molecular weight excluding hydrogens is 375 g/mol. The Morgan fingerprint density at radius 2 is 2.26 bits per heavy atom. The van der Waals surface area contributed by atoms with Crippen LogP contribution in [-0.2, 0) is 4.79 Å². The highest BCUT2D eigenvalue weighted by Crippen LogP contribution is 2.26. The van der Waals surface area contributed by atoms with E-state index in [4.69, 9.17) is 0 Å². The Labute approximate surface area is 134 Å². The molecular formula is C14H20ClIN2O. The highest BCUT2D eigenvalue weighted by Gasteiger charge is 2.39. The molecule has 1 atom stereocenters. The van der Waals surface area contributed by atoms with Crippen molar-refractivity contribution in [2.45, 2.75) is 38.6 Å². The number of anilines is 1. The first kappa shape index (κ1) is 16.7. The molecule has 1 unspecified atom stereocenters. The van der Waals surface area contributed by atoms with Gasteiger partial charge in [0.2, 0.25) is 5.91 Å². The Morgan fingerprint density at radius 3 is 2.79 bits per heavy atom. The lowest BCUT2D eigenvalue weighted by molar-refractivity contribution is -0.122. The van der Waals surface area contributed by atoms with Crippen molar-refractivity contribution < 1.29 is 4.79 Å². The van der Waals surface area contributed by atoms with Crippen molar-refractivity contribution in [2.75, 3.05) is 11.9 Å². The monoisotopic (exact) mass is 394 g/mol. The molecule has 1 aromatic rings. The second-order valence-corrected chi connectivity index (χ2v) is 6.12. The number of halogens is 2. The van der Waals surface area contributed by atoms with E-state index in [-0.39, 0.29) is 23.9 Å². The fourth-order valence-corrected chi connectivity index (χ4v) is 3.12. The van der Waals surface area contributed by atoms with Gasteiger partial charge in [-0.1, -0.05) is 6.92 Å². The van der Waals surface area contributed by atoms with Gasteiger partial charge in [0.1, 0.15) is 0 Å². The van der Waals surface area contributed by atoms with E-state index in [1.807, 2.05) is 19.1 Å². The summed E-state index contributed by atoms with van der Waals surface area (Å²) in [5.74, 6) is 0.104. The van der Waals surface area contributed by atoms with Crippen LogP contribution in [0.2, 0.25) is 0 Å². The maximum absolute atomic E-state index is 12.4. The zero-order valence-electron chi connectivity index (χ0n) is 11.3. The van der Waals surface area contributed by atoms with E-state index in [1.54, 1.807) is 0 Å². The van der Waals surface area contributed by atoms with Crippen molar-refractivity contribution in [1.82, 2.24) is 5.32 Å². The molecule has 2 rings (SSSR count). The first-order valence-electron chi connectivity index (χ1n) is 6.40. The maximum atomic E-state index is 12.4. The molecule has 1 aliphatic rings. The number of carbonyl (C=O) groups is 1. The number of rotatable bonds is 3. The Bertz CT molecular complexity index is 459. The molecule has 0 saturated carbocycles. The molecule has 1 aromatic carbocycles. The highest BCUT2D eigenvalue weighted by molar-refractivity contribution is 14.1. The van der Waals surface area contributed by atoms with Crippen LogP contribution in [0.15, 0.2) is 18.2 Å². The SMILES string of the molecule is CCC1(C(=O)Nc2ccc(I)cc2C)CCCN1.Cl. The van der Waals surface area contributed by atoms with Gasteiger partial charge >= 0.3 is 0 Å². The van der Waals surface area contributed by atoms with E-state index in [1.165, 1.54) is 3.57 Å². The summed E-state index contributed by atoms with van der Waals surface area (Å²) >= 11 is 2.28. The van der Waals surface area contributed by atoms with Crippen molar-refractivity contribution in [2.24, 2.45) is 0 Å². The lowest BCUT2D eigenvalue weighted by Gasteiger charge is -2.27. The largest absolute Gasteiger partial charge is 0.324 e. The minimum atomic E-state index is -0.366. The van der Waals surface area contributed by atoms with Crippen molar-refractivity contribution in [3.05, 3.63) is 27.3 Å². The smallest absolute Gasteiger partial charge is 0.244 e. The third-order valence-electron chi connectivity index (χ3n) is 3.72. The van der Waals surface area contributed by atoms with Crippen LogP contribution in [-0.4, -0.2) is 18.0 Å². The molecule has 106 valence electrons. The number of carbonyl (C=O) groups excluding carboxylic acids is 1. The van der Waals surface area contributed by atoms with Gasteiger partial charge in [0.15, 0.2) is 0 Å². The minimum absolute atomic E-state index is 0. The van der Waals surface area contributed by atoms with Gasteiger partial charge < -0.3 is 10.6 Å². The second kappa shape index (κ2) is 6.90. The highest BCUT2D eigenvalue weighted by atomic mass is 127. The van der Waals surface area contributed by atoms with Gasteiger partial charge in [0, 0.05) is 9.26 Å². The van der Waals surface area contributed by atoms with E-state index in [9.17, 15) is 4.79 Å². The molecule has 1 fully saturated rings. The molecule has 1 saturated heterocycles. The summed E-state index contributed by atoms with van der Waals surface area (Å²) in [4.78, 5) is 12.4. The van der Waals surface area contributed by atoms with Gasteiger partial charge in [-0.15, -0.1) is 12.4 Å². The topological polar surface area (TPSA) is 41.1 Å². The summed E-state index contributed by atoms with van der Waals surface area (Å²) in [5.41, 5.74) is 1.66. The number of amides is 1. The van der Waals surface area contributed by atoms with Crippen LogP contribution in [0, 0.1) is 10.5 Å². The van der Waals surface area contributed by atoms with E-state index in [2.05, 4.69) is 46.2 Å². The molecule has 0 spiro atoms. The van der Waals surface area contributed by atoms with Crippen molar-refractivity contribution in [3.8, 4) is 0 Å². The van der Waals surface area contributed by atoms with Gasteiger partial charge in [-0.05, 0) is 79.1 Å². The molecule has 3 nitrogen and oxygen atoms in total. The first-order chi connectivity index (χ1) is 8.57. The number of aryl methyl sites for hydroxylation is 1. The molecule has 0 radical (unpaired) electrons. The molecule has 0 bridgehead atoms. The van der Waals surface area contributed by atoms with Gasteiger partial charge in [0.05, 0.1) is 5.54 Å². The molecule has 0 aliphatic carbocycles. The van der Waals surface area contributed by atoms with E-state index in [0.29, 0.717) is 0 Å². The molecule has 1 aliphatic heterocycles. The zero-order valence-corrected chi connectivity index (χ0v) is 14.2. The van der Waals surface area contributed by atoms with E-state index >= 15 is 0 Å². The average molecular weight is 395 g/mol. The summed E-state index contributed by atoms with van der Waals surface area (Å²) in [5, 5.41) is 6.42. The van der Waals surface area contributed by atoms with Crippen LogP contribution >= 0.6 is 35.0 Å². The average Bonchev–Trinajstić information content (AvgIpc) is 2.82. The molecule has 0 aromatic heterocycles. The van der Waals surface area contributed by atoms with E-state index in [0.717, 1.165) is 37.1 Å². The molecule has 1 amide bonds. The van der Waals surface area contributed by atoms with Crippen LogP contribution in [0.3, 0.4) is 0 Å². The summed E-state index contributed by atoms with van der Waals surface area (Å²) < 4.78 is 1.19. The van der Waals surface area contributed by atoms with Gasteiger partial charge in [-0.25, -0.2) is 0 Å². The van der Waals surface area contributed by atoms with Crippen molar-refractivity contribution >= 4 is 46.6 Å². The summed E-state index contributed by atoms with van der Waals surface area (Å²) in [7, 11) is 0. The van der Waals surface area contributed by atoms with Crippen LogP contribution < -0.4 is 10.6 Å². The van der Waals surface area contributed by atoms with Crippen LogP contribution in [0.4, 0.5) is 5.69 Å². The van der Waals surface area contributed by atoms with Crippen molar-refractivity contribution in [3.63, 3.8) is 0 Å². The Morgan fingerprint density at radius 1 is 1.53 bits per heavy atom. The summed E-state index contributed by atoms with van der Waals surface area (Å²) in [6, 6.07) is 6.08. The first-order valence-corrected chi connectivity index (χ1v) is 7.48. The zero-order chi connectivity index (χ0) is 13.2. The predicted octanol–water partition coefficient (Wildman–Crippen LogP) is 3.49. The third kappa shape index (κ3) is 3.61. The quantitative estimate of drug-likeness (QED) is 0.771. The molecule has 5 heteroatoms. The summed E-state index contributed by atoms with van der Waals surface area (Å²) in [6.45, 7) is 5.03. The predicted molar refractivity (Wildman–Crippen MR) is 90.0 cm³/mol. The Balaban J connectivity index is 0.00000180. The van der Waals surface area contributed by atoms with Crippen LogP contribution in [0.1, 0.15) is 31.7 Å². The fraction of sp³-hybridized carbons (Fsp3) is 0.500. The van der Waals surface area contributed by atoms with Crippen LogP contribution in [0.5, 0.6) is 0 Å². The normalized spacial score (nSPS) is 21.8. The van der Waals surface area contributed by atoms with Gasteiger partial charge in [0.25, 0.3) is 0 Å². The van der Waals surface area contributed by atoms with Gasteiger partial charge in [-0.2, -0.15) is 0 Å². The maximum Gasteiger partial charge on any atom is 0.244 e. The third-order valence-corrected chi connectivity index (χ3v) is 4.39. The van der Waals surface area contributed by atoms with Crippen molar-refractivity contribution in [1.29, 1.82) is 0 Å². The molecule has 1 heterocycles. The summed E-state index contributed by atoms with van der Waals surface area (Å²) in [6.07, 6.45) is 2.84. The number of benzene rings is 1. The fourth-order valence-electron chi connectivity index (χ4n) is 2.47. The number of hydrogen-bond donors (Lipinski definition) is 2.